The lowest BCUT2D eigenvalue weighted by atomic mass is 9.85. The van der Waals surface area contributed by atoms with Crippen molar-refractivity contribution in [3.8, 4) is 0 Å². The monoisotopic (exact) mass is 854 g/mol. The minimum absolute atomic E-state index is 0.0413. The fourth-order valence-corrected chi connectivity index (χ4v) is 6.98. The van der Waals surface area contributed by atoms with Crippen LogP contribution in [-0.2, 0) is 32.7 Å². The van der Waals surface area contributed by atoms with Gasteiger partial charge in [-0.05, 0) is 83.5 Å². The molecule has 1 rings (SSSR count). The molecule has 0 aliphatic heterocycles. The molecule has 1 fully saturated rings. The van der Waals surface area contributed by atoms with E-state index in [4.69, 9.17) is 18.5 Å². The highest BCUT2D eigenvalue weighted by atomic mass is 31.2. The zero-order valence-corrected chi connectivity index (χ0v) is 36.4. The predicted octanol–water partition coefficient (Wildman–Crippen LogP) is 7.94. The maximum absolute atomic E-state index is 12.8. The lowest BCUT2D eigenvalue weighted by Crippen LogP contribution is -2.64. The summed E-state index contributed by atoms with van der Waals surface area (Å²) >= 11 is 0. The Hall–Kier alpha value is -2.71. The molecule has 0 heterocycles. The van der Waals surface area contributed by atoms with Gasteiger partial charge in [-0.2, -0.15) is 0 Å². The van der Waals surface area contributed by atoms with Crippen molar-refractivity contribution in [1.29, 1.82) is 0 Å². The third-order valence-electron chi connectivity index (χ3n) is 9.53. The Kier molecular flexibility index (Phi) is 32.2. The smallest absolute Gasteiger partial charge is 0.462 e. The lowest BCUT2D eigenvalue weighted by Gasteiger charge is -2.41. The molecule has 0 bridgehead atoms. The van der Waals surface area contributed by atoms with Gasteiger partial charge in [-0.3, -0.25) is 18.6 Å². The number of unbranched alkanes of at least 4 members (excludes halogenated alkanes) is 10. The Morgan fingerprint density at radius 2 is 0.966 bits per heavy atom. The molecule has 1 aliphatic rings. The van der Waals surface area contributed by atoms with E-state index in [-0.39, 0.29) is 12.8 Å². The average molecular weight is 855 g/mol. The molecule has 6 unspecified atom stereocenters. The second-order valence-corrected chi connectivity index (χ2v) is 16.2. The highest BCUT2D eigenvalue weighted by Gasteiger charge is 2.51. The Labute approximate surface area is 353 Å². The van der Waals surface area contributed by atoms with Gasteiger partial charge in [0.2, 0.25) is 0 Å². The van der Waals surface area contributed by atoms with Crippen molar-refractivity contribution < 1.29 is 63.1 Å². The summed E-state index contributed by atoms with van der Waals surface area (Å²) in [7, 11) is -5.14. The van der Waals surface area contributed by atoms with Crippen LogP contribution in [0.3, 0.4) is 0 Å². The minimum Gasteiger partial charge on any atom is -0.462 e. The summed E-state index contributed by atoms with van der Waals surface area (Å²) in [5.74, 6) is -1.19. The molecular formula is C45H75O13P. The van der Waals surface area contributed by atoms with E-state index in [0.29, 0.717) is 12.8 Å². The number of phosphoric ester groups is 1. The van der Waals surface area contributed by atoms with Crippen LogP contribution in [0.4, 0.5) is 0 Å². The summed E-state index contributed by atoms with van der Waals surface area (Å²) < 4.78 is 33.4. The second-order valence-electron chi connectivity index (χ2n) is 14.8. The number of aliphatic hydroxyl groups excluding tert-OH is 5. The summed E-state index contributed by atoms with van der Waals surface area (Å²) in [6.07, 6.45) is 29.7. The molecule has 14 heteroatoms. The van der Waals surface area contributed by atoms with Crippen LogP contribution in [0.5, 0.6) is 0 Å². The van der Waals surface area contributed by atoms with Crippen LogP contribution in [0.1, 0.15) is 142 Å². The van der Waals surface area contributed by atoms with Gasteiger partial charge in [0.15, 0.2) is 6.10 Å². The van der Waals surface area contributed by atoms with Crippen LogP contribution >= 0.6 is 7.82 Å². The van der Waals surface area contributed by atoms with Gasteiger partial charge in [-0.15, -0.1) is 0 Å². The van der Waals surface area contributed by atoms with Crippen molar-refractivity contribution >= 4 is 19.8 Å². The Bertz CT molecular complexity index is 1310. The second kappa shape index (κ2) is 34.9. The van der Waals surface area contributed by atoms with Gasteiger partial charge in [-0.1, -0.05) is 119 Å². The first kappa shape index (κ1) is 54.3. The van der Waals surface area contributed by atoms with Crippen LogP contribution < -0.4 is 0 Å². The van der Waals surface area contributed by atoms with Gasteiger partial charge >= 0.3 is 19.8 Å². The van der Waals surface area contributed by atoms with Crippen LogP contribution in [0.2, 0.25) is 0 Å². The minimum atomic E-state index is -5.14. The van der Waals surface area contributed by atoms with E-state index in [0.717, 1.165) is 64.2 Å². The Morgan fingerprint density at radius 3 is 1.47 bits per heavy atom. The number of carbonyl (C=O) groups excluding carboxylic acids is 2. The predicted molar refractivity (Wildman–Crippen MR) is 230 cm³/mol. The van der Waals surface area contributed by atoms with E-state index in [1.807, 2.05) is 0 Å². The number of rotatable bonds is 34. The lowest BCUT2D eigenvalue weighted by molar-refractivity contribution is -0.220. The number of allylic oxidation sites excluding steroid dienone is 12. The van der Waals surface area contributed by atoms with Crippen LogP contribution in [0.25, 0.3) is 0 Å². The third-order valence-corrected chi connectivity index (χ3v) is 10.5. The average Bonchev–Trinajstić information content (AvgIpc) is 3.21. The number of esters is 2. The Morgan fingerprint density at radius 1 is 0.542 bits per heavy atom. The molecule has 0 aromatic heterocycles. The maximum atomic E-state index is 12.8. The maximum Gasteiger partial charge on any atom is 0.472 e. The van der Waals surface area contributed by atoms with Crippen LogP contribution in [0, 0.1) is 0 Å². The van der Waals surface area contributed by atoms with E-state index in [9.17, 15) is 44.6 Å². The molecule has 0 saturated heterocycles. The van der Waals surface area contributed by atoms with E-state index >= 15 is 0 Å². The van der Waals surface area contributed by atoms with Gasteiger partial charge in [0.1, 0.15) is 43.2 Å². The van der Waals surface area contributed by atoms with Crippen molar-refractivity contribution in [1.82, 2.24) is 0 Å². The standard InChI is InChI=1S/C45H75O13P/c1-3-5-7-9-11-13-15-17-19-21-23-25-27-29-31-33-38(46)55-35-37(36-56-59(53,54)58-45-43(51)41(49)40(48)42(50)44(45)52)57-39(47)34-32-30-28-26-24-22-20-18-16-14-12-10-8-6-4-2/h5,7,11,13,17-20,23-26,37,40-45,48-52H,3-4,6,8-10,12,14-16,21-22,27-36H2,1-2H3,(H,53,54)/b7-5+,13-11+,19-17+,20-18+,25-23+,26-24+/t37-,40?,41-,42?,43?,44?,45?/m1/s1. The first-order valence-electron chi connectivity index (χ1n) is 21.7. The van der Waals surface area contributed by atoms with Crippen molar-refractivity contribution in [3.63, 3.8) is 0 Å². The molecule has 6 N–H and O–H groups in total. The van der Waals surface area contributed by atoms with E-state index < -0.39 is 75.7 Å². The molecule has 8 atom stereocenters. The zero-order chi connectivity index (χ0) is 43.6. The molecule has 338 valence electrons. The first-order chi connectivity index (χ1) is 28.4. The van der Waals surface area contributed by atoms with Gasteiger partial charge in [0.25, 0.3) is 0 Å². The molecular weight excluding hydrogens is 779 g/mol. The molecule has 0 radical (unpaired) electrons. The van der Waals surface area contributed by atoms with Crippen LogP contribution in [0.15, 0.2) is 72.9 Å². The van der Waals surface area contributed by atoms with Crippen LogP contribution in [-0.4, -0.2) is 98.3 Å². The van der Waals surface area contributed by atoms with Gasteiger partial charge < -0.3 is 39.9 Å². The quantitative estimate of drug-likeness (QED) is 0.0157. The number of hydrogen-bond donors (Lipinski definition) is 6. The highest BCUT2D eigenvalue weighted by Crippen LogP contribution is 2.47. The van der Waals surface area contributed by atoms with Gasteiger partial charge in [0.05, 0.1) is 6.61 Å². The van der Waals surface area contributed by atoms with Crippen molar-refractivity contribution in [2.45, 2.75) is 185 Å². The van der Waals surface area contributed by atoms with Crippen molar-refractivity contribution in [3.05, 3.63) is 72.9 Å². The number of carbonyl (C=O) groups is 2. The number of aliphatic hydroxyl groups is 5. The van der Waals surface area contributed by atoms with E-state index in [1.165, 1.54) is 38.5 Å². The highest BCUT2D eigenvalue weighted by molar-refractivity contribution is 7.47. The molecule has 0 aromatic carbocycles. The summed E-state index contributed by atoms with van der Waals surface area (Å²) in [6.45, 7) is 3.09. The van der Waals surface area contributed by atoms with Crippen molar-refractivity contribution in [2.75, 3.05) is 13.2 Å². The van der Waals surface area contributed by atoms with E-state index in [1.54, 1.807) is 0 Å². The largest absolute Gasteiger partial charge is 0.472 e. The number of phosphoric acid groups is 1. The first-order valence-corrected chi connectivity index (χ1v) is 23.2. The molecule has 0 spiro atoms. The molecule has 0 aromatic rings. The fraction of sp³-hybridized carbons (Fsp3) is 0.689. The Balaban J connectivity index is 2.56. The third kappa shape index (κ3) is 27.7. The number of ether oxygens (including phenoxy) is 2. The molecule has 1 aliphatic carbocycles. The van der Waals surface area contributed by atoms with Gasteiger partial charge in [-0.25, -0.2) is 4.57 Å². The number of hydrogen-bond acceptors (Lipinski definition) is 12. The summed E-state index contributed by atoms with van der Waals surface area (Å²) in [5.41, 5.74) is 0. The molecule has 1 saturated carbocycles. The SMILES string of the molecule is CC/C=C/C/C=C/C/C=C/C/C=C/CCCCC(=O)OC[C@H](COP(=O)(O)OC1C(O)C(O)C(O)[C@@H](O)C1O)OC(=O)CCCC/C=C/C/C=C/CCCCCCCC. The van der Waals surface area contributed by atoms with E-state index in [2.05, 4.69) is 86.8 Å². The molecule has 59 heavy (non-hydrogen) atoms. The normalized spacial score (nSPS) is 23.1. The molecule has 13 nitrogen and oxygen atoms in total. The molecule has 0 amide bonds. The van der Waals surface area contributed by atoms with Crippen molar-refractivity contribution in [2.24, 2.45) is 0 Å². The zero-order valence-electron chi connectivity index (χ0n) is 35.5. The summed E-state index contributed by atoms with van der Waals surface area (Å²) in [5, 5.41) is 50.1. The fourth-order valence-electron chi connectivity index (χ4n) is 6.01. The summed E-state index contributed by atoms with van der Waals surface area (Å²) in [6, 6.07) is 0. The van der Waals surface area contributed by atoms with Gasteiger partial charge in [0, 0.05) is 12.8 Å². The summed E-state index contributed by atoms with van der Waals surface area (Å²) in [4.78, 5) is 35.6. The topological polar surface area (TPSA) is 210 Å².